The van der Waals surface area contributed by atoms with Gasteiger partial charge in [-0.05, 0) is 75.4 Å². The second-order valence-corrected chi connectivity index (χ2v) is 12.1. The first kappa shape index (κ1) is 28.1. The number of benzene rings is 3. The molecule has 0 spiro atoms. The van der Waals surface area contributed by atoms with Gasteiger partial charge in [-0.25, -0.2) is 25.9 Å². The third-order valence-corrected chi connectivity index (χ3v) is 8.60. The minimum absolute atomic E-state index is 0.0437. The van der Waals surface area contributed by atoms with Crippen molar-refractivity contribution in [3.05, 3.63) is 78.1 Å². The summed E-state index contributed by atoms with van der Waals surface area (Å²) in [6, 6.07) is 14.3. The molecule has 2 N–H and O–H groups in total. The molecule has 0 heterocycles. The van der Waals surface area contributed by atoms with Crippen LogP contribution in [0.2, 0.25) is 0 Å². The van der Waals surface area contributed by atoms with E-state index < -0.39 is 38.3 Å². The highest BCUT2D eigenvalue weighted by atomic mass is 32.2. The van der Waals surface area contributed by atoms with Crippen LogP contribution in [0.5, 0.6) is 5.75 Å². The van der Waals surface area contributed by atoms with Crippen LogP contribution in [0.4, 0.5) is 15.8 Å². The fourth-order valence-electron chi connectivity index (χ4n) is 3.41. The largest absolute Gasteiger partial charge is 0.495 e. The van der Waals surface area contributed by atoms with E-state index in [1.165, 1.54) is 25.3 Å². The Morgan fingerprint density at radius 2 is 1.54 bits per heavy atom. The van der Waals surface area contributed by atoms with E-state index in [4.69, 9.17) is 4.74 Å². The number of nitrogens with zero attached hydrogens (tertiary/aromatic N) is 1. The summed E-state index contributed by atoms with van der Waals surface area (Å²) in [5.74, 6) is -1.18. The Hall–Kier alpha value is -3.48. The zero-order valence-corrected chi connectivity index (χ0v) is 22.4. The molecule has 0 radical (unpaired) electrons. The van der Waals surface area contributed by atoms with Crippen molar-refractivity contribution in [2.45, 2.75) is 36.6 Å². The number of sulfonamides is 2. The number of rotatable bonds is 10. The number of hydrogen-bond acceptors (Lipinski definition) is 6. The highest BCUT2D eigenvalue weighted by Gasteiger charge is 2.28. The molecule has 1 amide bonds. The van der Waals surface area contributed by atoms with E-state index in [-0.39, 0.29) is 33.0 Å². The molecule has 3 rings (SSSR count). The molecule has 0 saturated carbocycles. The molecule has 0 bridgehead atoms. The molecule has 0 unspecified atom stereocenters. The van der Waals surface area contributed by atoms with Crippen LogP contribution in [0.1, 0.15) is 19.4 Å². The smallest absolute Gasteiger partial charge is 0.264 e. The lowest BCUT2D eigenvalue weighted by atomic mass is 10.2. The number of anilines is 2. The molecule has 9 nitrogen and oxygen atoms in total. The van der Waals surface area contributed by atoms with Crippen molar-refractivity contribution in [2.75, 3.05) is 23.3 Å². The van der Waals surface area contributed by atoms with Gasteiger partial charge < -0.3 is 10.1 Å². The van der Waals surface area contributed by atoms with E-state index >= 15 is 0 Å². The van der Waals surface area contributed by atoms with Crippen LogP contribution < -0.4 is 19.1 Å². The Labute approximate surface area is 216 Å². The first-order valence-electron chi connectivity index (χ1n) is 11.2. The van der Waals surface area contributed by atoms with E-state index in [2.05, 4.69) is 10.0 Å². The molecule has 0 aromatic heterocycles. The predicted molar refractivity (Wildman–Crippen MR) is 139 cm³/mol. The minimum Gasteiger partial charge on any atom is -0.495 e. The molecule has 0 aliphatic rings. The number of aryl methyl sites for hydroxylation is 1. The lowest BCUT2D eigenvalue weighted by molar-refractivity contribution is -0.114. The monoisotopic (exact) mass is 549 g/mol. The number of amides is 1. The molecule has 12 heteroatoms. The van der Waals surface area contributed by atoms with Crippen molar-refractivity contribution < 1.29 is 30.8 Å². The van der Waals surface area contributed by atoms with E-state index in [1.54, 1.807) is 38.1 Å². The van der Waals surface area contributed by atoms with Gasteiger partial charge in [0.2, 0.25) is 15.9 Å². The van der Waals surface area contributed by atoms with Crippen LogP contribution in [0.25, 0.3) is 0 Å². The summed E-state index contributed by atoms with van der Waals surface area (Å²) in [5, 5.41) is 2.55. The topological polar surface area (TPSA) is 122 Å². The highest BCUT2D eigenvalue weighted by molar-refractivity contribution is 7.92. The first-order valence-corrected chi connectivity index (χ1v) is 14.1. The second kappa shape index (κ2) is 11.3. The summed E-state index contributed by atoms with van der Waals surface area (Å²) in [5.41, 5.74) is 1.14. The number of carbonyl (C=O) groups is 1. The number of halogens is 1. The zero-order valence-electron chi connectivity index (χ0n) is 20.7. The Bertz CT molecular complexity index is 1470. The van der Waals surface area contributed by atoms with Gasteiger partial charge in [0.15, 0.2) is 0 Å². The Kier molecular flexibility index (Phi) is 8.57. The average molecular weight is 550 g/mol. The van der Waals surface area contributed by atoms with Crippen molar-refractivity contribution >= 4 is 37.3 Å². The summed E-state index contributed by atoms with van der Waals surface area (Å²) in [6.07, 6.45) is 0. The minimum atomic E-state index is -4.26. The summed E-state index contributed by atoms with van der Waals surface area (Å²) in [6.45, 7) is 4.53. The molecule has 3 aromatic rings. The summed E-state index contributed by atoms with van der Waals surface area (Å²) in [4.78, 5) is 12.8. The van der Waals surface area contributed by atoms with Crippen LogP contribution in [0.15, 0.2) is 76.5 Å². The standard InChI is InChI=1S/C25H28FN3O6S2/c1-17(2)28-36(31,32)22-13-14-24(35-4)23(15-22)27-25(30)16-29(20-9-5-18(3)6-10-20)37(33,34)21-11-7-19(26)8-12-21/h5-15,17,28H,16H2,1-4H3,(H,27,30). The van der Waals surface area contributed by atoms with Crippen LogP contribution in [0, 0.1) is 12.7 Å². The van der Waals surface area contributed by atoms with Gasteiger partial charge in [0.1, 0.15) is 18.1 Å². The Morgan fingerprint density at radius 3 is 2.11 bits per heavy atom. The van der Waals surface area contributed by atoms with Crippen LogP contribution in [-0.2, 0) is 24.8 Å². The summed E-state index contributed by atoms with van der Waals surface area (Å²) in [7, 11) is -6.78. The van der Waals surface area contributed by atoms with Gasteiger partial charge in [-0.2, -0.15) is 0 Å². The number of hydrogen-bond donors (Lipinski definition) is 2. The van der Waals surface area contributed by atoms with Gasteiger partial charge in [0.05, 0.1) is 28.3 Å². The number of nitrogens with one attached hydrogen (secondary N) is 2. The Balaban J connectivity index is 1.97. The maximum atomic E-state index is 13.4. The summed E-state index contributed by atoms with van der Waals surface area (Å²) < 4.78 is 74.1. The van der Waals surface area contributed by atoms with Crippen LogP contribution >= 0.6 is 0 Å². The molecule has 3 aromatic carbocycles. The van der Waals surface area contributed by atoms with E-state index in [0.29, 0.717) is 0 Å². The van der Waals surface area contributed by atoms with Crippen molar-refractivity contribution in [3.63, 3.8) is 0 Å². The molecule has 0 aliphatic heterocycles. The summed E-state index contributed by atoms with van der Waals surface area (Å²) >= 11 is 0. The maximum Gasteiger partial charge on any atom is 0.264 e. The molecule has 198 valence electrons. The first-order chi connectivity index (χ1) is 17.3. The SMILES string of the molecule is COc1ccc(S(=O)(=O)NC(C)C)cc1NC(=O)CN(c1ccc(C)cc1)S(=O)(=O)c1ccc(F)cc1. The van der Waals surface area contributed by atoms with Crippen molar-refractivity contribution in [3.8, 4) is 5.75 Å². The lowest BCUT2D eigenvalue weighted by Crippen LogP contribution is -2.38. The fraction of sp³-hybridized carbons (Fsp3) is 0.240. The van der Waals surface area contributed by atoms with Crippen molar-refractivity contribution in [2.24, 2.45) is 0 Å². The van der Waals surface area contributed by atoms with E-state index in [9.17, 15) is 26.0 Å². The van der Waals surface area contributed by atoms with Crippen molar-refractivity contribution in [1.29, 1.82) is 0 Å². The predicted octanol–water partition coefficient (Wildman–Crippen LogP) is 3.66. The molecule has 0 aliphatic carbocycles. The highest BCUT2D eigenvalue weighted by Crippen LogP contribution is 2.29. The average Bonchev–Trinajstić information content (AvgIpc) is 2.82. The molecule has 37 heavy (non-hydrogen) atoms. The van der Waals surface area contributed by atoms with E-state index in [0.717, 1.165) is 34.1 Å². The molecular weight excluding hydrogens is 521 g/mol. The lowest BCUT2D eigenvalue weighted by Gasteiger charge is -2.24. The van der Waals surface area contributed by atoms with Gasteiger partial charge in [-0.3, -0.25) is 9.10 Å². The Morgan fingerprint density at radius 1 is 0.946 bits per heavy atom. The second-order valence-electron chi connectivity index (χ2n) is 8.49. The van der Waals surface area contributed by atoms with Crippen LogP contribution in [-0.4, -0.2) is 42.4 Å². The third-order valence-electron chi connectivity index (χ3n) is 5.16. The molecule has 0 saturated heterocycles. The fourth-order valence-corrected chi connectivity index (χ4v) is 6.11. The molecular formula is C25H28FN3O6S2. The molecule has 0 fully saturated rings. The van der Waals surface area contributed by atoms with Gasteiger partial charge in [0.25, 0.3) is 10.0 Å². The van der Waals surface area contributed by atoms with E-state index in [1.807, 2.05) is 6.92 Å². The van der Waals surface area contributed by atoms with Crippen LogP contribution in [0.3, 0.4) is 0 Å². The third kappa shape index (κ3) is 6.85. The normalized spacial score (nSPS) is 11.8. The molecule has 0 atom stereocenters. The van der Waals surface area contributed by atoms with Gasteiger partial charge in [-0.1, -0.05) is 17.7 Å². The zero-order chi connectivity index (χ0) is 27.4. The number of carbonyl (C=O) groups excluding carboxylic acids is 1. The number of methoxy groups -OCH3 is 1. The number of ether oxygens (including phenoxy) is 1. The maximum absolute atomic E-state index is 13.4. The van der Waals surface area contributed by atoms with Crippen molar-refractivity contribution in [1.82, 2.24) is 4.72 Å². The quantitative estimate of drug-likeness (QED) is 0.398. The van der Waals surface area contributed by atoms with Gasteiger partial charge in [-0.15, -0.1) is 0 Å². The van der Waals surface area contributed by atoms with Gasteiger partial charge in [0, 0.05) is 6.04 Å². The van der Waals surface area contributed by atoms with Gasteiger partial charge >= 0.3 is 0 Å².